The molecule has 108 valence electrons. The van der Waals surface area contributed by atoms with Gasteiger partial charge in [0.25, 0.3) is 0 Å². The molecule has 20 heavy (non-hydrogen) atoms. The molecule has 1 amide bonds. The van der Waals surface area contributed by atoms with Crippen molar-refractivity contribution < 1.29 is 14.7 Å². The molecule has 1 saturated heterocycles. The van der Waals surface area contributed by atoms with Crippen molar-refractivity contribution in [2.45, 2.75) is 20.0 Å². The van der Waals surface area contributed by atoms with Crippen LogP contribution in [0, 0.1) is 5.92 Å². The smallest absolute Gasteiger partial charge is 0.227 e. The van der Waals surface area contributed by atoms with Gasteiger partial charge in [-0.05, 0) is 39.5 Å². The van der Waals surface area contributed by atoms with Crippen molar-refractivity contribution >= 4 is 44.4 Å². The minimum atomic E-state index is -0.0497. The monoisotopic (exact) mass is 357 g/mol. The van der Waals surface area contributed by atoms with Gasteiger partial charge < -0.3 is 10.0 Å². The lowest BCUT2D eigenvalue weighted by Crippen LogP contribution is -2.25. The Bertz CT molecular complexity index is 535. The summed E-state index contributed by atoms with van der Waals surface area (Å²) in [7, 11) is 0. The van der Waals surface area contributed by atoms with Gasteiger partial charge >= 0.3 is 0 Å². The molecule has 0 aliphatic carbocycles. The predicted octanol–water partition coefficient (Wildman–Crippen LogP) is 2.57. The topological polar surface area (TPSA) is 57.6 Å². The van der Waals surface area contributed by atoms with Crippen LogP contribution in [0.4, 0.5) is 5.69 Å². The van der Waals surface area contributed by atoms with E-state index in [1.807, 2.05) is 18.2 Å². The summed E-state index contributed by atoms with van der Waals surface area (Å²) in [5.74, 6) is 0.936. The predicted molar refractivity (Wildman–Crippen MR) is 83.7 cm³/mol. The molecular weight excluding hydrogens is 342 g/mol. The highest BCUT2D eigenvalue weighted by Gasteiger charge is 2.31. The molecule has 2 rings (SSSR count). The van der Waals surface area contributed by atoms with Crippen LogP contribution in [0.5, 0.6) is 0 Å². The molecule has 0 bridgehead atoms. The Labute approximate surface area is 130 Å². The Hall–Kier alpha value is -0.850. The third-order valence-corrected chi connectivity index (χ3v) is 4.93. The molecule has 1 heterocycles. The summed E-state index contributed by atoms with van der Waals surface area (Å²) in [4.78, 5) is 24.9. The fraction of sp³-hybridized carbons (Fsp3) is 0.429. The van der Waals surface area contributed by atoms with Crippen molar-refractivity contribution in [1.29, 1.82) is 0 Å². The van der Waals surface area contributed by atoms with Crippen molar-refractivity contribution in [3.63, 3.8) is 0 Å². The van der Waals surface area contributed by atoms with E-state index >= 15 is 0 Å². The highest BCUT2D eigenvalue weighted by atomic mass is 79.9. The number of hydrogen-bond donors (Lipinski definition) is 1. The molecule has 1 aliphatic heterocycles. The summed E-state index contributed by atoms with van der Waals surface area (Å²) in [6.07, 6.45) is 0.468. The van der Waals surface area contributed by atoms with Crippen LogP contribution in [0.2, 0.25) is 0 Å². The van der Waals surface area contributed by atoms with E-state index in [1.54, 1.807) is 11.8 Å². The average molecular weight is 358 g/mol. The molecule has 1 fully saturated rings. The van der Waals surface area contributed by atoms with Crippen molar-refractivity contribution in [2.75, 3.05) is 17.2 Å². The molecule has 1 aromatic carbocycles. The largest absolute Gasteiger partial charge is 0.392 e. The number of thioether (sulfide) groups is 1. The summed E-state index contributed by atoms with van der Waals surface area (Å²) in [5.41, 5.74) is 1.56. The van der Waals surface area contributed by atoms with Gasteiger partial charge in [0.05, 0.1) is 12.3 Å². The van der Waals surface area contributed by atoms with E-state index in [1.165, 1.54) is 11.8 Å². The minimum Gasteiger partial charge on any atom is -0.392 e. The molecule has 1 atom stereocenters. The van der Waals surface area contributed by atoms with Crippen molar-refractivity contribution in [3.05, 3.63) is 28.2 Å². The van der Waals surface area contributed by atoms with Crippen LogP contribution >= 0.6 is 27.7 Å². The van der Waals surface area contributed by atoms with E-state index in [0.29, 0.717) is 18.7 Å². The number of hydrogen-bond acceptors (Lipinski definition) is 4. The average Bonchev–Trinajstić information content (AvgIpc) is 2.78. The van der Waals surface area contributed by atoms with Gasteiger partial charge in [0.15, 0.2) is 5.12 Å². The van der Waals surface area contributed by atoms with Gasteiger partial charge in [-0.3, -0.25) is 9.59 Å². The number of benzene rings is 1. The van der Waals surface area contributed by atoms with E-state index < -0.39 is 0 Å². The molecule has 1 aromatic rings. The lowest BCUT2D eigenvalue weighted by molar-refractivity contribution is -0.117. The van der Waals surface area contributed by atoms with Crippen molar-refractivity contribution in [1.82, 2.24) is 0 Å². The number of rotatable bonds is 4. The van der Waals surface area contributed by atoms with Crippen LogP contribution in [0.1, 0.15) is 18.9 Å². The Morgan fingerprint density at radius 2 is 2.30 bits per heavy atom. The van der Waals surface area contributed by atoms with E-state index in [0.717, 1.165) is 15.7 Å². The molecule has 0 radical (unpaired) electrons. The molecule has 0 spiro atoms. The number of anilines is 1. The second-order valence-electron chi connectivity index (χ2n) is 4.82. The third kappa shape index (κ3) is 3.62. The Balaban J connectivity index is 2.13. The highest BCUT2D eigenvalue weighted by molar-refractivity contribution is 9.10. The van der Waals surface area contributed by atoms with Gasteiger partial charge in [-0.15, -0.1) is 0 Å². The van der Waals surface area contributed by atoms with Crippen LogP contribution in [-0.4, -0.2) is 28.4 Å². The SMILES string of the molecule is CC(=O)SCC1CC(=O)N(c2cc(CO)ccc2Br)C1. The first-order valence-electron chi connectivity index (χ1n) is 6.34. The summed E-state index contributed by atoms with van der Waals surface area (Å²) in [5, 5.41) is 9.28. The normalized spacial score (nSPS) is 18.6. The second-order valence-corrected chi connectivity index (χ2v) is 6.87. The van der Waals surface area contributed by atoms with Gasteiger partial charge in [0.2, 0.25) is 5.91 Å². The first-order valence-corrected chi connectivity index (χ1v) is 8.12. The Morgan fingerprint density at radius 1 is 1.55 bits per heavy atom. The molecular formula is C14H16BrNO3S. The molecule has 4 nitrogen and oxygen atoms in total. The van der Waals surface area contributed by atoms with Crippen LogP contribution in [-0.2, 0) is 16.2 Å². The highest BCUT2D eigenvalue weighted by Crippen LogP contribution is 2.33. The number of carbonyl (C=O) groups excluding carboxylic acids is 2. The summed E-state index contributed by atoms with van der Waals surface area (Å²) < 4.78 is 0.836. The minimum absolute atomic E-state index is 0.0497. The maximum Gasteiger partial charge on any atom is 0.227 e. The van der Waals surface area contributed by atoms with Gasteiger partial charge in [0, 0.05) is 30.1 Å². The summed E-state index contributed by atoms with van der Waals surface area (Å²) in [6, 6.07) is 5.48. The van der Waals surface area contributed by atoms with Crippen molar-refractivity contribution in [3.8, 4) is 0 Å². The van der Waals surface area contributed by atoms with Crippen LogP contribution < -0.4 is 4.90 Å². The summed E-state index contributed by atoms with van der Waals surface area (Å²) in [6.45, 7) is 2.11. The van der Waals surface area contributed by atoms with E-state index in [9.17, 15) is 14.7 Å². The van der Waals surface area contributed by atoms with Crippen LogP contribution in [0.15, 0.2) is 22.7 Å². The molecule has 1 aliphatic rings. The van der Waals surface area contributed by atoms with Crippen LogP contribution in [0.3, 0.4) is 0 Å². The number of amides is 1. The van der Waals surface area contributed by atoms with Gasteiger partial charge in [-0.2, -0.15) is 0 Å². The molecule has 1 N–H and O–H groups in total. The van der Waals surface area contributed by atoms with Crippen LogP contribution in [0.25, 0.3) is 0 Å². The lowest BCUT2D eigenvalue weighted by atomic mass is 10.1. The maximum absolute atomic E-state index is 12.1. The van der Waals surface area contributed by atoms with Crippen molar-refractivity contribution in [2.24, 2.45) is 5.92 Å². The number of carbonyl (C=O) groups is 2. The molecule has 0 aromatic heterocycles. The van der Waals surface area contributed by atoms with Gasteiger partial charge in [0.1, 0.15) is 0 Å². The Kier molecular flexibility index (Phi) is 5.23. The quantitative estimate of drug-likeness (QED) is 0.899. The molecule has 1 unspecified atom stereocenters. The second kappa shape index (κ2) is 6.74. The zero-order valence-corrected chi connectivity index (χ0v) is 13.5. The zero-order chi connectivity index (χ0) is 14.7. The van der Waals surface area contributed by atoms with E-state index in [2.05, 4.69) is 15.9 Å². The van der Waals surface area contributed by atoms with Gasteiger partial charge in [-0.1, -0.05) is 17.8 Å². The number of halogens is 1. The zero-order valence-electron chi connectivity index (χ0n) is 11.1. The fourth-order valence-corrected chi connectivity index (χ4v) is 3.38. The standard InChI is InChI=1S/C14H16BrNO3S/c1-9(18)20-8-11-5-14(19)16(6-11)13-4-10(7-17)2-3-12(13)15/h2-4,11,17H,5-8H2,1H3. The first kappa shape index (κ1) is 15.5. The van der Waals surface area contributed by atoms with Gasteiger partial charge in [-0.25, -0.2) is 0 Å². The number of aliphatic hydroxyl groups is 1. The molecule has 6 heteroatoms. The number of aliphatic hydroxyl groups excluding tert-OH is 1. The van der Waals surface area contributed by atoms with E-state index in [4.69, 9.17) is 0 Å². The third-order valence-electron chi connectivity index (χ3n) is 3.21. The van der Waals surface area contributed by atoms with E-state index in [-0.39, 0.29) is 23.5 Å². The number of nitrogens with zero attached hydrogens (tertiary/aromatic N) is 1. The molecule has 0 saturated carbocycles. The Morgan fingerprint density at radius 3 is 2.95 bits per heavy atom. The lowest BCUT2D eigenvalue weighted by Gasteiger charge is -2.19. The fourth-order valence-electron chi connectivity index (χ4n) is 2.22. The maximum atomic E-state index is 12.1. The summed E-state index contributed by atoms with van der Waals surface area (Å²) >= 11 is 4.71. The first-order chi connectivity index (χ1) is 9.51.